The van der Waals surface area contributed by atoms with E-state index in [1.165, 1.54) is 22.5 Å². The molecule has 2 radical (unpaired) electrons. The molecule has 0 bridgehead atoms. The maximum absolute atomic E-state index is 2.13. The van der Waals surface area contributed by atoms with Crippen molar-refractivity contribution in [3.63, 3.8) is 0 Å². The van der Waals surface area contributed by atoms with Gasteiger partial charge in [-0.2, -0.15) is 0 Å². The van der Waals surface area contributed by atoms with Crippen LogP contribution in [0.15, 0.2) is 10.1 Å². The Balaban J connectivity index is 2.55. The first-order valence-electron chi connectivity index (χ1n) is 1.24. The molecule has 0 spiro atoms. The van der Waals surface area contributed by atoms with Crippen molar-refractivity contribution in [1.82, 2.24) is 0 Å². The Hall–Kier alpha value is 0.604. The molecule has 0 rings (SSSR count). The van der Waals surface area contributed by atoms with Gasteiger partial charge in [-0.15, -0.1) is 0 Å². The third kappa shape index (κ3) is 2.60. The van der Waals surface area contributed by atoms with Crippen LogP contribution in [0.4, 0.5) is 0 Å². The summed E-state index contributed by atoms with van der Waals surface area (Å²) < 4.78 is 2.13. The van der Waals surface area contributed by atoms with Crippen LogP contribution in [0.3, 0.4) is 0 Å². The summed E-state index contributed by atoms with van der Waals surface area (Å²) in [4.78, 5) is 0. The van der Waals surface area contributed by atoms with Crippen LogP contribution in [-0.2, 0) is 0 Å². The fraction of sp³-hybridized carbons (Fsp3) is 0. The van der Waals surface area contributed by atoms with Gasteiger partial charge in [-0.1, -0.05) is 0 Å². The van der Waals surface area contributed by atoms with Gasteiger partial charge in [0.2, 0.25) is 0 Å². The Bertz CT molecular complexity index is 21.2. The second-order valence-electron chi connectivity index (χ2n) is 0.526. The van der Waals surface area contributed by atoms with Gasteiger partial charge in [0.1, 0.15) is 0 Å². The molecule has 0 aliphatic heterocycles. The van der Waals surface area contributed by atoms with Gasteiger partial charge in [-0.3, -0.25) is 0 Å². The van der Waals surface area contributed by atoms with E-state index in [-0.39, 0.29) is 0 Å². The molecule has 0 saturated heterocycles. The predicted octanol–water partition coefficient (Wildman–Crippen LogP) is -1.01. The van der Waals surface area contributed by atoms with Gasteiger partial charge in [-0.05, 0) is 0 Å². The van der Waals surface area contributed by atoms with Crippen molar-refractivity contribution in [2.75, 3.05) is 0 Å². The van der Waals surface area contributed by atoms with Crippen LogP contribution in [0.2, 0.25) is 0 Å². The quantitative estimate of drug-likeness (QED) is 0.397. The van der Waals surface area contributed by atoms with Crippen LogP contribution in [0.1, 0.15) is 0 Å². The zero-order valence-corrected chi connectivity index (χ0v) is 6.03. The maximum atomic E-state index is 2.13. The van der Waals surface area contributed by atoms with Gasteiger partial charge >= 0.3 is 40.4 Å². The Labute approximate surface area is 40.8 Å². The molecule has 20 valence electrons. The molecule has 0 fully saturated rings. The molecule has 0 heterocycles. The molecule has 0 aliphatic rings. The van der Waals surface area contributed by atoms with Crippen molar-refractivity contribution < 1.29 is 0 Å². The summed E-state index contributed by atoms with van der Waals surface area (Å²) in [7, 11) is 2.03. The third-order valence-corrected chi connectivity index (χ3v) is 1.29. The summed E-state index contributed by atoms with van der Waals surface area (Å²) in [5, 5.41) is 0. The topological polar surface area (TPSA) is 0 Å². The van der Waals surface area contributed by atoms with E-state index < -0.39 is 0 Å². The SMILES string of the molecule is BC=[CH][SnH]. The third-order valence-electron chi connectivity index (χ3n) is 0.192. The standard InChI is InChI=1S/C2H4B.Sn.H/c1-2-3;;/h1-2H,3H2;;. The first kappa shape index (κ1) is 4.60. The molecular formula is C2H5BSn. The zero-order chi connectivity index (χ0) is 3.41. The molecule has 0 unspecified atom stereocenters. The molecule has 0 N–H and O–H groups in total. The number of hydrogen-bond donors (Lipinski definition) is 0. The summed E-state index contributed by atoms with van der Waals surface area (Å²) in [6.45, 7) is 0. The molecule has 0 aromatic heterocycles. The van der Waals surface area contributed by atoms with Crippen LogP contribution in [-0.4, -0.2) is 30.4 Å². The van der Waals surface area contributed by atoms with E-state index in [2.05, 4.69) is 10.1 Å². The van der Waals surface area contributed by atoms with Crippen LogP contribution < -0.4 is 0 Å². The fourth-order valence-electron chi connectivity index (χ4n) is 0. The van der Waals surface area contributed by atoms with E-state index in [4.69, 9.17) is 0 Å². The molecular weight excluding hydrogens is 154 g/mol. The van der Waals surface area contributed by atoms with Crippen molar-refractivity contribution in [3.8, 4) is 0 Å². The molecule has 4 heavy (non-hydrogen) atoms. The average molecular weight is 159 g/mol. The van der Waals surface area contributed by atoms with E-state index in [9.17, 15) is 0 Å². The first-order valence-corrected chi connectivity index (χ1v) is 3.15. The summed E-state index contributed by atoms with van der Waals surface area (Å²) in [6.07, 6.45) is 0. The molecule has 0 nitrogen and oxygen atoms in total. The fourth-order valence-corrected chi connectivity index (χ4v) is 0. The normalized spacial score (nSPS) is 9.25. The average Bonchev–Trinajstić information content (AvgIpc) is 1.37. The van der Waals surface area contributed by atoms with Crippen molar-refractivity contribution >= 4 is 30.4 Å². The van der Waals surface area contributed by atoms with Crippen molar-refractivity contribution in [2.24, 2.45) is 0 Å². The van der Waals surface area contributed by atoms with Gasteiger partial charge in [0.05, 0.1) is 0 Å². The molecule has 2 heteroatoms. The second-order valence-corrected chi connectivity index (χ2v) is 1.62. The Kier molecular flexibility index (Phi) is 4.15. The van der Waals surface area contributed by atoms with E-state index in [0.29, 0.717) is 0 Å². The van der Waals surface area contributed by atoms with Crippen LogP contribution in [0, 0.1) is 0 Å². The van der Waals surface area contributed by atoms with Crippen molar-refractivity contribution in [3.05, 3.63) is 10.1 Å². The minimum atomic E-state index is 1.26. The predicted molar refractivity (Wildman–Crippen MR) is 24.8 cm³/mol. The van der Waals surface area contributed by atoms with E-state index in [1.807, 2.05) is 7.85 Å². The van der Waals surface area contributed by atoms with Crippen LogP contribution >= 0.6 is 0 Å². The molecule has 0 aromatic carbocycles. The summed E-state index contributed by atoms with van der Waals surface area (Å²) >= 11 is 1.26. The minimum absolute atomic E-state index is 1.26. The molecule has 0 amide bonds. The zero-order valence-electron chi connectivity index (χ0n) is 2.73. The van der Waals surface area contributed by atoms with Crippen molar-refractivity contribution in [1.29, 1.82) is 0 Å². The Morgan fingerprint density at radius 3 is 2.00 bits per heavy atom. The van der Waals surface area contributed by atoms with E-state index >= 15 is 0 Å². The second kappa shape index (κ2) is 3.60. The molecule has 0 aliphatic carbocycles. The van der Waals surface area contributed by atoms with Crippen LogP contribution in [0.25, 0.3) is 0 Å². The first-order chi connectivity index (χ1) is 1.91. The van der Waals surface area contributed by atoms with Gasteiger partial charge in [0.25, 0.3) is 0 Å². The van der Waals surface area contributed by atoms with Crippen molar-refractivity contribution in [2.45, 2.75) is 0 Å². The number of rotatable bonds is 0. The number of hydrogen-bond acceptors (Lipinski definition) is 0. The summed E-state index contributed by atoms with van der Waals surface area (Å²) in [6, 6.07) is 0. The van der Waals surface area contributed by atoms with Gasteiger partial charge in [-0.25, -0.2) is 0 Å². The summed E-state index contributed by atoms with van der Waals surface area (Å²) in [5.74, 6) is 2.06. The summed E-state index contributed by atoms with van der Waals surface area (Å²) in [5.41, 5.74) is 0. The Morgan fingerprint density at radius 1 is 1.75 bits per heavy atom. The Morgan fingerprint density at radius 2 is 2.00 bits per heavy atom. The monoisotopic (exact) mass is 160 g/mol. The molecule has 0 atom stereocenters. The molecule has 0 aromatic rings. The van der Waals surface area contributed by atoms with E-state index in [0.717, 1.165) is 0 Å². The van der Waals surface area contributed by atoms with E-state index in [1.54, 1.807) is 0 Å². The van der Waals surface area contributed by atoms with Gasteiger partial charge < -0.3 is 0 Å². The van der Waals surface area contributed by atoms with Crippen LogP contribution in [0.5, 0.6) is 0 Å². The van der Waals surface area contributed by atoms with Gasteiger partial charge in [0, 0.05) is 0 Å². The van der Waals surface area contributed by atoms with Gasteiger partial charge in [0.15, 0.2) is 0 Å². The molecule has 0 saturated carbocycles.